The Hall–Kier alpha value is -2.22. The minimum Gasteiger partial charge on any atom is -0.274 e. The zero-order chi connectivity index (χ0) is 30.6. The van der Waals surface area contributed by atoms with Crippen LogP contribution >= 0.6 is 22.6 Å². The van der Waals surface area contributed by atoms with Crippen LogP contribution < -0.4 is 0 Å². The molecule has 0 bridgehead atoms. The fourth-order valence-electron chi connectivity index (χ4n) is 3.19. The van der Waals surface area contributed by atoms with Crippen molar-refractivity contribution in [1.82, 2.24) is 4.90 Å². The highest BCUT2D eigenvalue weighted by Gasteiger charge is 2.93. The summed E-state index contributed by atoms with van der Waals surface area (Å²) in [7, 11) is 0. The van der Waals surface area contributed by atoms with Crippen LogP contribution in [-0.2, 0) is 0 Å². The zero-order valence-electron chi connectivity index (χ0n) is 18.3. The molecule has 2 amide bonds. The molecule has 0 radical (unpaired) electrons. The average Bonchev–Trinajstić information content (AvgIpc) is 3.02. The summed E-state index contributed by atoms with van der Waals surface area (Å²) in [6, 6.07) is 5.35. The Labute approximate surface area is 221 Å². The molecular formula is C20H11F15INO2. The third kappa shape index (κ3) is 5.07. The summed E-state index contributed by atoms with van der Waals surface area (Å²) in [4.78, 5) is 25.0. The van der Waals surface area contributed by atoms with Gasteiger partial charge in [-0.05, 0) is 51.1 Å². The highest BCUT2D eigenvalue weighted by atomic mass is 127. The third-order valence-corrected chi connectivity index (χ3v) is 6.22. The van der Waals surface area contributed by atoms with Crippen molar-refractivity contribution < 1.29 is 75.4 Å². The summed E-state index contributed by atoms with van der Waals surface area (Å²) in [6.45, 7) is -0.540. The Morgan fingerprint density at radius 3 is 1.46 bits per heavy atom. The van der Waals surface area contributed by atoms with Gasteiger partial charge in [0.2, 0.25) is 0 Å². The van der Waals surface area contributed by atoms with E-state index < -0.39 is 82.6 Å². The number of hydrogen-bond donors (Lipinski definition) is 0. The van der Waals surface area contributed by atoms with Crippen molar-refractivity contribution in [3.8, 4) is 0 Å². The van der Waals surface area contributed by atoms with Crippen molar-refractivity contribution in [1.29, 1.82) is 0 Å². The van der Waals surface area contributed by atoms with Crippen LogP contribution in [-0.4, -0.2) is 65.0 Å². The van der Waals surface area contributed by atoms with Gasteiger partial charge in [-0.15, -0.1) is 0 Å². The lowest BCUT2D eigenvalue weighted by Crippen LogP contribution is -2.72. The molecule has 1 aliphatic rings. The molecular weight excluding hydrogens is 698 g/mol. The maximum Gasteiger partial charge on any atom is 0.460 e. The number of fused-ring (bicyclic) bond motifs is 1. The molecule has 0 saturated carbocycles. The number of halogens is 16. The molecule has 1 aromatic carbocycles. The van der Waals surface area contributed by atoms with Gasteiger partial charge in [0.25, 0.3) is 11.8 Å². The number of nitrogens with zero attached hydrogens (tertiary/aromatic N) is 1. The van der Waals surface area contributed by atoms with Gasteiger partial charge in [0.15, 0.2) is 0 Å². The van der Waals surface area contributed by atoms with E-state index in [4.69, 9.17) is 0 Å². The van der Waals surface area contributed by atoms with Crippen molar-refractivity contribution in [2.24, 2.45) is 0 Å². The van der Waals surface area contributed by atoms with E-state index in [1.165, 1.54) is 24.3 Å². The molecule has 0 aromatic heterocycles. The van der Waals surface area contributed by atoms with E-state index in [9.17, 15) is 75.4 Å². The van der Waals surface area contributed by atoms with Crippen LogP contribution in [0.25, 0.3) is 0 Å². The highest BCUT2D eigenvalue weighted by molar-refractivity contribution is 14.1. The molecule has 1 heterocycles. The molecule has 19 heteroatoms. The number of benzene rings is 1. The van der Waals surface area contributed by atoms with Gasteiger partial charge < -0.3 is 0 Å². The normalized spacial score (nSPS) is 16.7. The number of allylic oxidation sites excluding steroid dienone is 2. The van der Waals surface area contributed by atoms with E-state index in [1.807, 2.05) is 0 Å². The molecule has 0 saturated heterocycles. The molecule has 0 fully saturated rings. The Bertz CT molecular complexity index is 1130. The largest absolute Gasteiger partial charge is 0.460 e. The van der Waals surface area contributed by atoms with Gasteiger partial charge in [0.1, 0.15) is 0 Å². The van der Waals surface area contributed by atoms with Crippen molar-refractivity contribution in [2.45, 2.75) is 54.6 Å². The maximum absolute atomic E-state index is 14.0. The van der Waals surface area contributed by atoms with Crippen LogP contribution in [0, 0.1) is 0 Å². The number of rotatable bonds is 10. The molecule has 2 rings (SSSR count). The van der Waals surface area contributed by atoms with E-state index >= 15 is 0 Å². The van der Waals surface area contributed by atoms with E-state index in [2.05, 4.69) is 0 Å². The number of imide groups is 1. The van der Waals surface area contributed by atoms with Gasteiger partial charge >= 0.3 is 41.7 Å². The van der Waals surface area contributed by atoms with Crippen LogP contribution in [0.1, 0.15) is 33.6 Å². The lowest BCUT2D eigenvalue weighted by molar-refractivity contribution is -0.449. The molecule has 0 N–H and O–H groups in total. The van der Waals surface area contributed by atoms with Gasteiger partial charge in [-0.3, -0.25) is 14.5 Å². The Morgan fingerprint density at radius 2 is 1.05 bits per heavy atom. The smallest absolute Gasteiger partial charge is 0.274 e. The molecule has 1 aliphatic heterocycles. The first-order valence-electron chi connectivity index (χ1n) is 9.95. The highest BCUT2D eigenvalue weighted by Crippen LogP contribution is 2.62. The van der Waals surface area contributed by atoms with E-state index in [0.717, 1.165) is 22.6 Å². The number of amides is 2. The number of hydrogen-bond acceptors (Lipinski definition) is 2. The van der Waals surface area contributed by atoms with Gasteiger partial charge in [-0.25, -0.2) is 0 Å². The minimum absolute atomic E-state index is 0.0324. The standard InChI is InChI=1S/C20H11F15INO2/c21-14(22,8-9(36)4-3-7-37-12(38)10-5-1-2-6-11(10)13(37)39)15(23,24)16(25,26)17(27,28)18(29,30)19(31,32)20(33,34)35/h1-2,5-6,8H,3-4,7H2. The fraction of sp³-hybridized carbons (Fsp3) is 0.500. The molecule has 3 nitrogen and oxygen atoms in total. The zero-order valence-corrected chi connectivity index (χ0v) is 20.5. The Morgan fingerprint density at radius 1 is 0.667 bits per heavy atom. The SMILES string of the molecule is O=C1c2ccccc2C(=O)N1CCCC(I)=CC(F)(F)C(F)(F)C(F)(F)C(F)(F)C(F)(F)C(F)(F)C(F)(F)F. The maximum atomic E-state index is 14.0. The number of carbonyl (C=O) groups excluding carboxylic acids is 2. The topological polar surface area (TPSA) is 37.4 Å². The first-order valence-corrected chi connectivity index (χ1v) is 11.0. The summed E-state index contributed by atoms with van der Waals surface area (Å²) in [6.07, 6.45) is -10.1. The molecule has 220 valence electrons. The quantitative estimate of drug-likeness (QED) is 0.142. The van der Waals surface area contributed by atoms with Crippen LogP contribution in [0.3, 0.4) is 0 Å². The first-order chi connectivity index (χ1) is 17.3. The predicted octanol–water partition coefficient (Wildman–Crippen LogP) is 7.76. The van der Waals surface area contributed by atoms with Crippen molar-refractivity contribution in [2.75, 3.05) is 6.54 Å². The van der Waals surface area contributed by atoms with Crippen molar-refractivity contribution >= 4 is 34.4 Å². The third-order valence-electron chi connectivity index (χ3n) is 5.37. The van der Waals surface area contributed by atoms with Crippen LogP contribution in [0.5, 0.6) is 0 Å². The second kappa shape index (κ2) is 10.0. The summed E-state index contributed by atoms with van der Waals surface area (Å²) in [5.74, 6) is -48.6. The average molecular weight is 709 g/mol. The molecule has 0 unspecified atom stereocenters. The van der Waals surface area contributed by atoms with Gasteiger partial charge in [0.05, 0.1) is 11.1 Å². The van der Waals surface area contributed by atoms with Crippen molar-refractivity contribution in [3.63, 3.8) is 0 Å². The minimum atomic E-state index is -8.35. The molecule has 0 spiro atoms. The number of alkyl halides is 15. The Kier molecular flexibility index (Phi) is 8.46. The number of carbonyl (C=O) groups is 2. The molecule has 1 aromatic rings. The predicted molar refractivity (Wildman–Crippen MR) is 109 cm³/mol. The van der Waals surface area contributed by atoms with E-state index in [-0.39, 0.29) is 11.1 Å². The molecule has 0 atom stereocenters. The van der Waals surface area contributed by atoms with Gasteiger partial charge in [0, 0.05) is 12.6 Å². The van der Waals surface area contributed by atoms with Crippen LogP contribution in [0.4, 0.5) is 65.9 Å². The summed E-state index contributed by atoms with van der Waals surface area (Å²) >= 11 is 0.803. The lowest BCUT2D eigenvalue weighted by Gasteiger charge is -2.41. The fourth-order valence-corrected chi connectivity index (χ4v) is 3.96. The summed E-state index contributed by atoms with van der Waals surface area (Å²) < 4.78 is 198. The monoisotopic (exact) mass is 709 g/mol. The van der Waals surface area contributed by atoms with Gasteiger partial charge in [-0.1, -0.05) is 12.1 Å². The van der Waals surface area contributed by atoms with Crippen molar-refractivity contribution in [3.05, 3.63) is 45.0 Å². The summed E-state index contributed by atoms with van der Waals surface area (Å²) in [5.41, 5.74) is -0.0649. The molecule has 0 aliphatic carbocycles. The Balaban J connectivity index is 2.26. The second-order valence-corrected chi connectivity index (χ2v) is 9.38. The van der Waals surface area contributed by atoms with E-state index in [1.54, 1.807) is 0 Å². The van der Waals surface area contributed by atoms with E-state index in [0.29, 0.717) is 4.90 Å². The second-order valence-electron chi connectivity index (χ2n) is 7.99. The summed E-state index contributed by atoms with van der Waals surface area (Å²) in [5, 5.41) is 0. The van der Waals surface area contributed by atoms with Gasteiger partial charge in [-0.2, -0.15) is 65.9 Å². The van der Waals surface area contributed by atoms with Crippen LogP contribution in [0.2, 0.25) is 0 Å². The lowest BCUT2D eigenvalue weighted by atomic mass is 9.91. The molecule has 39 heavy (non-hydrogen) atoms. The first kappa shape index (κ1) is 33.0. The van der Waals surface area contributed by atoms with Crippen LogP contribution in [0.15, 0.2) is 33.9 Å².